The first-order valence-electron chi connectivity index (χ1n) is 8.06. The summed E-state index contributed by atoms with van der Waals surface area (Å²) in [5, 5.41) is 3.22. The van der Waals surface area contributed by atoms with Crippen LogP contribution in [-0.4, -0.2) is 38.2 Å². The van der Waals surface area contributed by atoms with Crippen molar-refractivity contribution in [1.82, 2.24) is 4.98 Å². The number of carbonyl (C=O) groups is 1. The molecule has 1 amide bonds. The number of anilines is 2. The molecule has 0 saturated carbocycles. The minimum absolute atomic E-state index is 0.275. The lowest BCUT2D eigenvalue weighted by molar-refractivity contribution is 0.102. The predicted octanol–water partition coefficient (Wildman–Crippen LogP) is 3.60. The maximum absolute atomic E-state index is 12.5. The molecule has 7 heteroatoms. The Morgan fingerprint density at radius 1 is 1.16 bits per heavy atom. The minimum Gasteiger partial charge on any atom is -0.495 e. The Morgan fingerprint density at radius 2 is 1.88 bits per heavy atom. The van der Waals surface area contributed by atoms with E-state index in [1.54, 1.807) is 24.4 Å². The van der Waals surface area contributed by atoms with Crippen molar-refractivity contribution >= 4 is 29.0 Å². The highest BCUT2D eigenvalue weighted by Crippen LogP contribution is 2.36. The molecule has 1 aromatic heterocycles. The number of ether oxygens (including phenoxy) is 2. The van der Waals surface area contributed by atoms with Crippen molar-refractivity contribution in [3.63, 3.8) is 0 Å². The van der Waals surface area contributed by atoms with E-state index in [0.29, 0.717) is 27.8 Å². The first-order valence-corrected chi connectivity index (χ1v) is 8.44. The standard InChI is InChI=1S/C18H20ClN3O3/c1-24-15-10-14(16(25-2)9-13(15)19)21-18(23)12-5-6-17(20-11-12)22-7-3-4-8-22/h5-6,9-11H,3-4,7-8H2,1-2H3,(H,21,23). The Morgan fingerprint density at radius 3 is 2.48 bits per heavy atom. The fourth-order valence-electron chi connectivity index (χ4n) is 2.81. The van der Waals surface area contributed by atoms with Crippen molar-refractivity contribution in [3.8, 4) is 11.5 Å². The summed E-state index contributed by atoms with van der Waals surface area (Å²) >= 11 is 6.08. The zero-order chi connectivity index (χ0) is 17.8. The van der Waals surface area contributed by atoms with Crippen molar-refractivity contribution in [2.75, 3.05) is 37.5 Å². The van der Waals surface area contributed by atoms with Crippen molar-refractivity contribution in [1.29, 1.82) is 0 Å². The summed E-state index contributed by atoms with van der Waals surface area (Å²) in [6.45, 7) is 2.03. The van der Waals surface area contributed by atoms with Crippen LogP contribution in [-0.2, 0) is 0 Å². The molecule has 3 rings (SSSR count). The first kappa shape index (κ1) is 17.4. The summed E-state index contributed by atoms with van der Waals surface area (Å²) in [5.41, 5.74) is 0.955. The van der Waals surface area contributed by atoms with Gasteiger partial charge in [-0.05, 0) is 25.0 Å². The molecule has 1 fully saturated rings. The summed E-state index contributed by atoms with van der Waals surface area (Å²) in [5.74, 6) is 1.55. The van der Waals surface area contributed by atoms with E-state index in [0.717, 1.165) is 18.9 Å². The van der Waals surface area contributed by atoms with Crippen LogP contribution in [0.3, 0.4) is 0 Å². The third-order valence-corrected chi connectivity index (χ3v) is 4.46. The Hall–Kier alpha value is -2.47. The lowest BCUT2D eigenvalue weighted by atomic mass is 10.2. The Labute approximate surface area is 151 Å². The zero-order valence-corrected chi connectivity index (χ0v) is 15.0. The lowest BCUT2D eigenvalue weighted by Crippen LogP contribution is -2.19. The summed E-state index contributed by atoms with van der Waals surface area (Å²) < 4.78 is 10.5. The molecule has 0 atom stereocenters. The van der Waals surface area contributed by atoms with E-state index < -0.39 is 0 Å². The highest BCUT2D eigenvalue weighted by molar-refractivity contribution is 6.32. The second kappa shape index (κ2) is 7.61. The van der Waals surface area contributed by atoms with E-state index >= 15 is 0 Å². The second-order valence-electron chi connectivity index (χ2n) is 5.74. The van der Waals surface area contributed by atoms with Gasteiger partial charge in [0.2, 0.25) is 0 Å². The Kier molecular flexibility index (Phi) is 5.28. The molecule has 0 unspecified atom stereocenters. The highest BCUT2D eigenvalue weighted by Gasteiger charge is 2.16. The SMILES string of the molecule is COc1cc(NC(=O)c2ccc(N3CCCC3)nc2)c(OC)cc1Cl. The number of nitrogens with zero attached hydrogens (tertiary/aromatic N) is 2. The predicted molar refractivity (Wildman–Crippen MR) is 98.2 cm³/mol. The van der Waals surface area contributed by atoms with Gasteiger partial charge in [-0.15, -0.1) is 0 Å². The van der Waals surface area contributed by atoms with Crippen LogP contribution < -0.4 is 19.7 Å². The number of rotatable bonds is 5. The number of pyridine rings is 1. The van der Waals surface area contributed by atoms with Gasteiger partial charge >= 0.3 is 0 Å². The average Bonchev–Trinajstić information content (AvgIpc) is 3.17. The van der Waals surface area contributed by atoms with Crippen LogP contribution in [0.2, 0.25) is 5.02 Å². The number of halogens is 1. The van der Waals surface area contributed by atoms with Gasteiger partial charge in [-0.25, -0.2) is 4.98 Å². The molecule has 0 bridgehead atoms. The van der Waals surface area contributed by atoms with Gasteiger partial charge in [-0.2, -0.15) is 0 Å². The van der Waals surface area contributed by atoms with Gasteiger partial charge < -0.3 is 19.7 Å². The monoisotopic (exact) mass is 361 g/mol. The molecule has 0 radical (unpaired) electrons. The van der Waals surface area contributed by atoms with Crippen LogP contribution in [0.1, 0.15) is 23.2 Å². The number of carbonyl (C=O) groups excluding carboxylic acids is 1. The molecule has 0 aliphatic carbocycles. The molecule has 1 N–H and O–H groups in total. The summed E-state index contributed by atoms with van der Waals surface area (Å²) in [7, 11) is 3.03. The van der Waals surface area contributed by atoms with Crippen molar-refractivity contribution in [2.45, 2.75) is 12.8 Å². The molecule has 1 aromatic carbocycles. The number of amides is 1. The van der Waals surface area contributed by atoms with E-state index in [-0.39, 0.29) is 5.91 Å². The maximum Gasteiger partial charge on any atom is 0.257 e. The maximum atomic E-state index is 12.5. The molecule has 2 heterocycles. The van der Waals surface area contributed by atoms with Crippen LogP contribution in [0.4, 0.5) is 11.5 Å². The van der Waals surface area contributed by atoms with Gasteiger partial charge in [0.1, 0.15) is 17.3 Å². The molecule has 1 saturated heterocycles. The number of hydrogen-bond donors (Lipinski definition) is 1. The quantitative estimate of drug-likeness (QED) is 0.881. The van der Waals surface area contributed by atoms with Crippen LogP contribution >= 0.6 is 11.6 Å². The third-order valence-electron chi connectivity index (χ3n) is 4.16. The largest absolute Gasteiger partial charge is 0.495 e. The van der Waals surface area contributed by atoms with Gasteiger partial charge in [0.25, 0.3) is 5.91 Å². The highest BCUT2D eigenvalue weighted by atomic mass is 35.5. The van der Waals surface area contributed by atoms with E-state index in [9.17, 15) is 4.79 Å². The molecule has 1 aliphatic heterocycles. The lowest BCUT2D eigenvalue weighted by Gasteiger charge is -2.16. The van der Waals surface area contributed by atoms with Crippen LogP contribution in [0.15, 0.2) is 30.5 Å². The van der Waals surface area contributed by atoms with E-state index in [4.69, 9.17) is 21.1 Å². The summed E-state index contributed by atoms with van der Waals surface area (Å²) in [6.07, 6.45) is 3.95. The summed E-state index contributed by atoms with van der Waals surface area (Å²) in [6, 6.07) is 6.88. The number of hydrogen-bond acceptors (Lipinski definition) is 5. The minimum atomic E-state index is -0.275. The van der Waals surface area contributed by atoms with Crippen LogP contribution in [0.5, 0.6) is 11.5 Å². The van der Waals surface area contributed by atoms with Crippen LogP contribution in [0.25, 0.3) is 0 Å². The molecule has 2 aromatic rings. The smallest absolute Gasteiger partial charge is 0.257 e. The molecule has 25 heavy (non-hydrogen) atoms. The van der Waals surface area contributed by atoms with Gasteiger partial charge in [-0.1, -0.05) is 11.6 Å². The van der Waals surface area contributed by atoms with Crippen molar-refractivity contribution < 1.29 is 14.3 Å². The summed E-state index contributed by atoms with van der Waals surface area (Å²) in [4.78, 5) is 19.1. The van der Waals surface area contributed by atoms with E-state index in [2.05, 4.69) is 15.2 Å². The van der Waals surface area contributed by atoms with Crippen molar-refractivity contribution in [2.24, 2.45) is 0 Å². The van der Waals surface area contributed by atoms with E-state index in [1.165, 1.54) is 27.1 Å². The van der Waals surface area contributed by atoms with Crippen molar-refractivity contribution in [3.05, 3.63) is 41.0 Å². The Balaban J connectivity index is 1.77. The normalized spacial score (nSPS) is 13.6. The van der Waals surface area contributed by atoms with E-state index in [1.807, 2.05) is 6.07 Å². The molecule has 6 nitrogen and oxygen atoms in total. The van der Waals surface area contributed by atoms with Gasteiger partial charge in [0.05, 0.1) is 30.5 Å². The third kappa shape index (κ3) is 3.79. The molecule has 1 aliphatic rings. The van der Waals surface area contributed by atoms with Gasteiger partial charge in [0.15, 0.2) is 0 Å². The Bertz CT molecular complexity index is 759. The number of methoxy groups -OCH3 is 2. The topological polar surface area (TPSA) is 63.7 Å². The average molecular weight is 362 g/mol. The fraction of sp³-hybridized carbons (Fsp3) is 0.333. The molecule has 132 valence electrons. The van der Waals surface area contributed by atoms with Crippen LogP contribution in [0, 0.1) is 0 Å². The van der Waals surface area contributed by atoms with Gasteiger partial charge in [0, 0.05) is 31.4 Å². The number of nitrogens with one attached hydrogen (secondary N) is 1. The molecule has 0 spiro atoms. The fourth-order valence-corrected chi connectivity index (χ4v) is 3.04. The second-order valence-corrected chi connectivity index (χ2v) is 6.15. The molecular weight excluding hydrogens is 342 g/mol. The molecular formula is C18H20ClN3O3. The number of aromatic nitrogens is 1. The van der Waals surface area contributed by atoms with Gasteiger partial charge in [-0.3, -0.25) is 4.79 Å². The zero-order valence-electron chi connectivity index (χ0n) is 14.2. The number of benzene rings is 1. The first-order chi connectivity index (χ1) is 12.1.